The zero-order valence-electron chi connectivity index (χ0n) is 13.4. The van der Waals surface area contributed by atoms with Crippen molar-refractivity contribution < 1.29 is 19.1 Å². The second-order valence-corrected chi connectivity index (χ2v) is 7.58. The molecule has 3 rings (SSSR count). The molecular formula is C16H26O4. The van der Waals surface area contributed by atoms with Crippen molar-refractivity contribution >= 4 is 11.9 Å². The Hall–Kier alpha value is -1.06. The van der Waals surface area contributed by atoms with Gasteiger partial charge < -0.3 is 9.47 Å². The second-order valence-electron chi connectivity index (χ2n) is 7.58. The van der Waals surface area contributed by atoms with Gasteiger partial charge in [-0.3, -0.25) is 9.59 Å². The maximum atomic E-state index is 12.3. The number of ether oxygens (including phenoxy) is 2. The highest BCUT2D eigenvalue weighted by atomic mass is 16.5. The normalized spacial score (nSPS) is 42.1. The van der Waals surface area contributed by atoms with E-state index in [0.717, 1.165) is 12.8 Å². The molecule has 114 valence electrons. The van der Waals surface area contributed by atoms with Crippen molar-refractivity contribution in [1.82, 2.24) is 0 Å². The predicted octanol–water partition coefficient (Wildman–Crippen LogP) is 2.66. The fraction of sp³-hybridized carbons (Fsp3) is 0.875. The minimum Gasteiger partial charge on any atom is -0.469 e. The summed E-state index contributed by atoms with van der Waals surface area (Å²) < 4.78 is 10.00. The molecule has 0 radical (unpaired) electrons. The Labute approximate surface area is 121 Å². The number of methoxy groups -OCH3 is 2. The average Bonchev–Trinajstić information content (AvgIpc) is 2.33. The van der Waals surface area contributed by atoms with E-state index < -0.39 is 0 Å². The topological polar surface area (TPSA) is 52.6 Å². The van der Waals surface area contributed by atoms with Gasteiger partial charge in [0.25, 0.3) is 0 Å². The lowest BCUT2D eigenvalue weighted by Crippen LogP contribution is -2.62. The van der Waals surface area contributed by atoms with Gasteiger partial charge in [0.05, 0.1) is 26.1 Å². The van der Waals surface area contributed by atoms with Crippen molar-refractivity contribution in [2.24, 2.45) is 34.5 Å². The van der Waals surface area contributed by atoms with Crippen LogP contribution in [0, 0.1) is 34.5 Å². The van der Waals surface area contributed by atoms with E-state index in [9.17, 15) is 9.59 Å². The first-order valence-corrected chi connectivity index (χ1v) is 7.33. The molecular weight excluding hydrogens is 256 g/mol. The van der Waals surface area contributed by atoms with Crippen LogP contribution in [0.5, 0.6) is 0 Å². The molecule has 2 bridgehead atoms. The van der Waals surface area contributed by atoms with Crippen LogP contribution in [-0.4, -0.2) is 26.2 Å². The molecule has 1 unspecified atom stereocenters. The fourth-order valence-corrected chi connectivity index (χ4v) is 5.56. The van der Waals surface area contributed by atoms with Crippen LogP contribution in [-0.2, 0) is 19.1 Å². The summed E-state index contributed by atoms with van der Waals surface area (Å²) in [6, 6.07) is 0. The van der Waals surface area contributed by atoms with Gasteiger partial charge in [0.2, 0.25) is 0 Å². The number of carbonyl (C=O) groups excluding carboxylic acids is 2. The van der Waals surface area contributed by atoms with E-state index in [4.69, 9.17) is 9.47 Å². The van der Waals surface area contributed by atoms with Crippen LogP contribution in [0.15, 0.2) is 0 Å². The predicted molar refractivity (Wildman–Crippen MR) is 74.8 cm³/mol. The zero-order chi connectivity index (χ0) is 15.3. The van der Waals surface area contributed by atoms with Gasteiger partial charge in [-0.05, 0) is 35.5 Å². The number of carbonyl (C=O) groups is 2. The molecule has 3 saturated carbocycles. The zero-order valence-corrected chi connectivity index (χ0v) is 13.4. The summed E-state index contributed by atoms with van der Waals surface area (Å²) in [5.41, 5.74) is -0.153. The number of esters is 2. The smallest absolute Gasteiger partial charge is 0.310 e. The highest BCUT2D eigenvalue weighted by molar-refractivity contribution is 5.83. The molecule has 3 aliphatic rings. The van der Waals surface area contributed by atoms with Gasteiger partial charge in [-0.2, -0.15) is 0 Å². The molecule has 20 heavy (non-hydrogen) atoms. The summed E-state index contributed by atoms with van der Waals surface area (Å²) in [5.74, 6) is -0.722. The maximum Gasteiger partial charge on any atom is 0.310 e. The highest BCUT2D eigenvalue weighted by Crippen LogP contribution is 2.65. The van der Waals surface area contributed by atoms with Gasteiger partial charge in [0.1, 0.15) is 0 Å². The molecule has 0 N–H and O–H groups in total. The third kappa shape index (κ3) is 2.04. The quantitative estimate of drug-likeness (QED) is 0.731. The Balaban J connectivity index is 2.52. The van der Waals surface area contributed by atoms with Gasteiger partial charge in [-0.25, -0.2) is 0 Å². The molecule has 0 heterocycles. The number of hydrogen-bond donors (Lipinski definition) is 0. The molecule has 3 aliphatic carbocycles. The van der Waals surface area contributed by atoms with Crippen molar-refractivity contribution in [1.29, 1.82) is 0 Å². The lowest BCUT2D eigenvalue weighted by atomic mass is 9.41. The van der Waals surface area contributed by atoms with Crippen LogP contribution in [0.25, 0.3) is 0 Å². The SMILES string of the molecule is COC(=O)[C@H]1[C@@H]2C(C)C[C@@](C)(CC2(C)C)[C@H]1C(=O)OC. The van der Waals surface area contributed by atoms with Crippen molar-refractivity contribution in [2.75, 3.05) is 14.2 Å². The monoisotopic (exact) mass is 282 g/mol. The highest BCUT2D eigenvalue weighted by Gasteiger charge is 2.65. The molecule has 0 amide bonds. The minimum absolute atomic E-state index is 0.0375. The molecule has 0 aromatic heterocycles. The van der Waals surface area contributed by atoms with Crippen LogP contribution >= 0.6 is 0 Å². The minimum atomic E-state index is -0.384. The number of rotatable bonds is 2. The van der Waals surface area contributed by atoms with Crippen molar-refractivity contribution in [2.45, 2.75) is 40.5 Å². The van der Waals surface area contributed by atoms with Gasteiger partial charge in [-0.15, -0.1) is 0 Å². The van der Waals surface area contributed by atoms with Gasteiger partial charge in [0, 0.05) is 0 Å². The van der Waals surface area contributed by atoms with E-state index in [1.54, 1.807) is 0 Å². The Kier molecular flexibility index (Phi) is 3.64. The van der Waals surface area contributed by atoms with Crippen LogP contribution in [0.3, 0.4) is 0 Å². The largest absolute Gasteiger partial charge is 0.469 e. The molecule has 5 atom stereocenters. The molecule has 0 aromatic rings. The Bertz CT molecular complexity index is 428. The summed E-state index contributed by atoms with van der Waals surface area (Å²) in [4.78, 5) is 24.6. The molecule has 3 fully saturated rings. The Morgan fingerprint density at radius 3 is 2.05 bits per heavy atom. The summed E-state index contributed by atoms with van der Waals surface area (Å²) in [6.07, 6.45) is 1.91. The van der Waals surface area contributed by atoms with E-state index >= 15 is 0 Å². The second kappa shape index (κ2) is 4.74. The first-order valence-electron chi connectivity index (χ1n) is 7.33. The third-order valence-electron chi connectivity index (χ3n) is 5.59. The number of fused-ring (bicyclic) bond motifs is 3. The standard InChI is InChI=1S/C16H26O4/c1-9-7-16(4)8-15(2,3)11(9)10(13(17)19-5)12(16)14(18)20-6/h9-12H,7-8H2,1-6H3/t9?,10-,11-,12+,16-/m0/s1. The first kappa shape index (κ1) is 15.3. The summed E-state index contributed by atoms with van der Waals surface area (Å²) >= 11 is 0. The van der Waals surface area contributed by atoms with Crippen LogP contribution in [0.4, 0.5) is 0 Å². The summed E-state index contributed by atoms with van der Waals surface area (Å²) in [7, 11) is 2.80. The average molecular weight is 282 g/mol. The van der Waals surface area contributed by atoms with E-state index in [0.29, 0.717) is 5.92 Å². The number of hydrogen-bond acceptors (Lipinski definition) is 4. The molecule has 0 aromatic carbocycles. The Morgan fingerprint density at radius 1 is 1.05 bits per heavy atom. The van der Waals surface area contributed by atoms with Crippen LogP contribution < -0.4 is 0 Å². The molecule has 0 aliphatic heterocycles. The van der Waals surface area contributed by atoms with Crippen molar-refractivity contribution in [3.05, 3.63) is 0 Å². The fourth-order valence-electron chi connectivity index (χ4n) is 5.56. The lowest BCUT2D eigenvalue weighted by molar-refractivity contribution is -0.200. The maximum absolute atomic E-state index is 12.3. The van der Waals surface area contributed by atoms with E-state index in [-0.39, 0.29) is 40.5 Å². The molecule has 0 spiro atoms. The van der Waals surface area contributed by atoms with Gasteiger partial charge in [-0.1, -0.05) is 27.7 Å². The van der Waals surface area contributed by atoms with Crippen molar-refractivity contribution in [3.63, 3.8) is 0 Å². The molecule has 0 saturated heterocycles. The van der Waals surface area contributed by atoms with Crippen LogP contribution in [0.1, 0.15) is 40.5 Å². The third-order valence-corrected chi connectivity index (χ3v) is 5.59. The summed E-state index contributed by atoms with van der Waals surface area (Å²) in [6.45, 7) is 8.72. The summed E-state index contributed by atoms with van der Waals surface area (Å²) in [5, 5.41) is 0. The van der Waals surface area contributed by atoms with Crippen LogP contribution in [0.2, 0.25) is 0 Å². The van der Waals surface area contributed by atoms with E-state index in [2.05, 4.69) is 27.7 Å². The first-order chi connectivity index (χ1) is 9.18. The van der Waals surface area contributed by atoms with E-state index in [1.165, 1.54) is 14.2 Å². The molecule has 4 heteroatoms. The van der Waals surface area contributed by atoms with Gasteiger partial charge in [0.15, 0.2) is 0 Å². The van der Waals surface area contributed by atoms with Gasteiger partial charge >= 0.3 is 11.9 Å². The lowest BCUT2D eigenvalue weighted by Gasteiger charge is -2.62. The van der Waals surface area contributed by atoms with Crippen molar-refractivity contribution in [3.8, 4) is 0 Å². The molecule has 4 nitrogen and oxygen atoms in total. The Morgan fingerprint density at radius 2 is 1.60 bits per heavy atom. The van der Waals surface area contributed by atoms with E-state index in [1.807, 2.05) is 0 Å².